The van der Waals surface area contributed by atoms with Crippen LogP contribution in [0.1, 0.15) is 25.0 Å². The summed E-state index contributed by atoms with van der Waals surface area (Å²) in [6, 6.07) is 5.05. The monoisotopic (exact) mass is 376 g/mol. The molecule has 0 atom stereocenters. The molecule has 0 aromatic carbocycles. The average Bonchev–Trinajstić information content (AvgIpc) is 2.80. The lowest BCUT2D eigenvalue weighted by Crippen LogP contribution is -2.50. The van der Waals surface area contributed by atoms with Gasteiger partial charge in [-0.1, -0.05) is 11.6 Å². The molecule has 2 aromatic rings. The van der Waals surface area contributed by atoms with Gasteiger partial charge in [0.25, 0.3) is 5.56 Å². The molecule has 8 heteroatoms. The fraction of sp³-hybridized carbons (Fsp3) is 0.500. The predicted molar refractivity (Wildman–Crippen MR) is 97.3 cm³/mol. The number of likely N-dealkylation sites (tertiary alicyclic amines) is 1. The lowest BCUT2D eigenvalue weighted by Gasteiger charge is -2.40. The molecule has 0 bridgehead atoms. The number of amides is 1. The Morgan fingerprint density at radius 2 is 2.08 bits per heavy atom. The number of carbonyl (C=O) groups is 1. The summed E-state index contributed by atoms with van der Waals surface area (Å²) in [7, 11) is 0. The number of nitrogens with one attached hydrogen (secondary N) is 1. The van der Waals surface area contributed by atoms with Gasteiger partial charge in [-0.15, -0.1) is 0 Å². The van der Waals surface area contributed by atoms with E-state index in [4.69, 9.17) is 16.3 Å². The zero-order chi connectivity index (χ0) is 18.1. The van der Waals surface area contributed by atoms with Crippen molar-refractivity contribution in [1.29, 1.82) is 0 Å². The van der Waals surface area contributed by atoms with E-state index < -0.39 is 0 Å². The van der Waals surface area contributed by atoms with E-state index >= 15 is 0 Å². The number of piperidine rings is 1. The molecule has 1 spiro atoms. The zero-order valence-electron chi connectivity index (χ0n) is 14.4. The molecule has 26 heavy (non-hydrogen) atoms. The Bertz CT molecular complexity index is 890. The SMILES string of the molecule is O=C1CCOC2(CCN(Cc3cc(=O)n4cc(Cl)ccc4n3)CC2)CN1. The van der Waals surface area contributed by atoms with E-state index in [9.17, 15) is 9.59 Å². The van der Waals surface area contributed by atoms with Crippen LogP contribution < -0.4 is 10.9 Å². The van der Waals surface area contributed by atoms with Gasteiger partial charge in [-0.05, 0) is 25.0 Å². The molecule has 2 saturated heterocycles. The highest BCUT2D eigenvalue weighted by molar-refractivity contribution is 6.30. The molecule has 0 aliphatic carbocycles. The quantitative estimate of drug-likeness (QED) is 0.852. The van der Waals surface area contributed by atoms with E-state index in [2.05, 4.69) is 15.2 Å². The highest BCUT2D eigenvalue weighted by Crippen LogP contribution is 2.28. The van der Waals surface area contributed by atoms with Crippen LogP contribution in [0.2, 0.25) is 5.02 Å². The number of fused-ring (bicyclic) bond motifs is 1. The van der Waals surface area contributed by atoms with Crippen molar-refractivity contribution in [1.82, 2.24) is 19.6 Å². The lowest BCUT2D eigenvalue weighted by atomic mass is 9.91. The normalized spacial score (nSPS) is 20.9. The minimum absolute atomic E-state index is 0.0604. The van der Waals surface area contributed by atoms with Gasteiger partial charge in [-0.2, -0.15) is 0 Å². The van der Waals surface area contributed by atoms with E-state index in [0.717, 1.165) is 31.6 Å². The second kappa shape index (κ2) is 6.98. The standard InChI is InChI=1S/C18H21ClN4O3/c19-13-1-2-15-21-14(9-17(25)23(15)10-13)11-22-6-4-18(5-7-22)12-20-16(24)3-8-26-18/h1-2,9-10H,3-8,11-12H2,(H,20,24). The van der Waals surface area contributed by atoms with Gasteiger partial charge in [-0.3, -0.25) is 18.9 Å². The zero-order valence-corrected chi connectivity index (χ0v) is 15.2. The summed E-state index contributed by atoms with van der Waals surface area (Å²) in [5.41, 5.74) is 0.967. The second-order valence-electron chi connectivity index (χ2n) is 7.00. The first kappa shape index (κ1) is 17.5. The van der Waals surface area contributed by atoms with Crippen LogP contribution in [0.15, 0.2) is 29.2 Å². The molecule has 0 unspecified atom stereocenters. The van der Waals surface area contributed by atoms with Gasteiger partial charge in [0.15, 0.2) is 0 Å². The van der Waals surface area contributed by atoms with Gasteiger partial charge >= 0.3 is 0 Å². The molecule has 2 aliphatic heterocycles. The van der Waals surface area contributed by atoms with Crippen LogP contribution in [0.3, 0.4) is 0 Å². The largest absolute Gasteiger partial charge is 0.373 e. The first-order valence-electron chi connectivity index (χ1n) is 8.84. The summed E-state index contributed by atoms with van der Waals surface area (Å²) >= 11 is 5.94. The maximum Gasteiger partial charge on any atom is 0.258 e. The van der Waals surface area contributed by atoms with Crippen LogP contribution in [0.4, 0.5) is 0 Å². The number of pyridine rings is 1. The van der Waals surface area contributed by atoms with Crippen LogP contribution in [-0.4, -0.2) is 52.0 Å². The van der Waals surface area contributed by atoms with Crippen molar-refractivity contribution in [2.24, 2.45) is 0 Å². The predicted octanol–water partition coefficient (Wildman–Crippen LogP) is 1.22. The third-order valence-electron chi connectivity index (χ3n) is 5.17. The molecule has 1 amide bonds. The summed E-state index contributed by atoms with van der Waals surface area (Å²) in [5.74, 6) is 0.0604. The molecule has 4 rings (SSSR count). The van der Waals surface area contributed by atoms with Crippen molar-refractivity contribution < 1.29 is 9.53 Å². The van der Waals surface area contributed by atoms with E-state index in [1.807, 2.05) is 0 Å². The van der Waals surface area contributed by atoms with Gasteiger partial charge in [0.1, 0.15) is 5.65 Å². The number of nitrogens with zero attached hydrogens (tertiary/aromatic N) is 3. The van der Waals surface area contributed by atoms with Crippen molar-refractivity contribution in [2.45, 2.75) is 31.4 Å². The van der Waals surface area contributed by atoms with E-state index in [1.165, 1.54) is 4.40 Å². The fourth-order valence-electron chi connectivity index (χ4n) is 3.64. The van der Waals surface area contributed by atoms with Crippen molar-refractivity contribution in [3.63, 3.8) is 0 Å². The molecule has 2 aliphatic rings. The van der Waals surface area contributed by atoms with Gasteiger partial charge in [0.05, 0.1) is 22.9 Å². The molecule has 1 N–H and O–H groups in total. The molecule has 2 aromatic heterocycles. The Balaban J connectivity index is 1.44. The molecular formula is C18H21ClN4O3. The van der Waals surface area contributed by atoms with E-state index in [1.54, 1.807) is 24.4 Å². The van der Waals surface area contributed by atoms with Gasteiger partial charge < -0.3 is 10.1 Å². The number of aromatic nitrogens is 2. The Hall–Kier alpha value is -1.96. The summed E-state index contributed by atoms with van der Waals surface area (Å²) < 4.78 is 7.45. The van der Waals surface area contributed by atoms with Gasteiger partial charge in [0.2, 0.25) is 5.91 Å². The maximum atomic E-state index is 12.3. The average molecular weight is 377 g/mol. The second-order valence-corrected chi connectivity index (χ2v) is 7.43. The number of halogens is 1. The molecule has 0 saturated carbocycles. The first-order valence-corrected chi connectivity index (χ1v) is 9.22. The third kappa shape index (κ3) is 3.60. The highest BCUT2D eigenvalue weighted by Gasteiger charge is 2.37. The van der Waals surface area contributed by atoms with Crippen molar-refractivity contribution in [3.05, 3.63) is 45.5 Å². The summed E-state index contributed by atoms with van der Waals surface area (Å²) in [5, 5.41) is 3.46. The van der Waals surface area contributed by atoms with Gasteiger partial charge in [0, 0.05) is 44.9 Å². The number of rotatable bonds is 2. The number of ether oxygens (including phenoxy) is 1. The molecule has 2 fully saturated rings. The van der Waals surface area contributed by atoms with Gasteiger partial charge in [-0.25, -0.2) is 4.98 Å². The summed E-state index contributed by atoms with van der Waals surface area (Å²) in [4.78, 5) is 30.7. The Morgan fingerprint density at radius 1 is 1.27 bits per heavy atom. The molecular weight excluding hydrogens is 356 g/mol. The molecule has 7 nitrogen and oxygen atoms in total. The van der Waals surface area contributed by atoms with Crippen LogP contribution >= 0.6 is 11.6 Å². The third-order valence-corrected chi connectivity index (χ3v) is 5.40. The van der Waals surface area contributed by atoms with Crippen molar-refractivity contribution >= 4 is 23.2 Å². The minimum atomic E-state index is -0.254. The maximum absolute atomic E-state index is 12.3. The van der Waals surface area contributed by atoms with E-state index in [0.29, 0.717) is 36.8 Å². The fourth-order valence-corrected chi connectivity index (χ4v) is 3.80. The van der Waals surface area contributed by atoms with Crippen LogP contribution in [0, 0.1) is 0 Å². The lowest BCUT2D eigenvalue weighted by molar-refractivity contribution is -0.120. The summed E-state index contributed by atoms with van der Waals surface area (Å²) in [6.07, 6.45) is 3.73. The molecule has 138 valence electrons. The number of hydrogen-bond acceptors (Lipinski definition) is 5. The Kier molecular flexibility index (Phi) is 4.69. The number of hydrogen-bond donors (Lipinski definition) is 1. The van der Waals surface area contributed by atoms with Crippen molar-refractivity contribution in [3.8, 4) is 0 Å². The number of carbonyl (C=O) groups excluding carboxylic acids is 1. The first-order chi connectivity index (χ1) is 12.5. The Morgan fingerprint density at radius 3 is 2.88 bits per heavy atom. The molecule has 4 heterocycles. The summed E-state index contributed by atoms with van der Waals surface area (Å²) in [6.45, 7) is 3.37. The van der Waals surface area contributed by atoms with Crippen LogP contribution in [-0.2, 0) is 16.1 Å². The van der Waals surface area contributed by atoms with Crippen molar-refractivity contribution in [2.75, 3.05) is 26.2 Å². The smallest absolute Gasteiger partial charge is 0.258 e. The van der Waals surface area contributed by atoms with Crippen LogP contribution in [0.25, 0.3) is 5.65 Å². The molecule has 0 radical (unpaired) electrons. The topological polar surface area (TPSA) is 75.9 Å². The minimum Gasteiger partial charge on any atom is -0.373 e. The Labute approximate surface area is 155 Å². The van der Waals surface area contributed by atoms with Crippen LogP contribution in [0.5, 0.6) is 0 Å². The highest BCUT2D eigenvalue weighted by atomic mass is 35.5. The van der Waals surface area contributed by atoms with E-state index in [-0.39, 0.29) is 17.1 Å².